The summed E-state index contributed by atoms with van der Waals surface area (Å²) in [5.74, 6) is -0.0136. The topological polar surface area (TPSA) is 73.6 Å². The highest BCUT2D eigenvalue weighted by Crippen LogP contribution is 2.09. The SMILES string of the molecule is NCCCCCCCC(=O)NOC1CCOCC1. The van der Waals surface area contributed by atoms with Crippen molar-refractivity contribution in [3.05, 3.63) is 0 Å². The Morgan fingerprint density at radius 3 is 2.56 bits per heavy atom. The molecule has 1 aliphatic heterocycles. The normalized spacial score (nSPS) is 16.7. The molecule has 0 aromatic rings. The van der Waals surface area contributed by atoms with E-state index in [1.807, 2.05) is 0 Å². The maximum absolute atomic E-state index is 11.5. The first kappa shape index (κ1) is 15.4. The molecule has 1 rings (SSSR count). The number of ether oxygens (including phenoxy) is 1. The molecule has 1 heterocycles. The third-order valence-electron chi connectivity index (χ3n) is 3.12. The van der Waals surface area contributed by atoms with Gasteiger partial charge in [0.1, 0.15) is 0 Å². The van der Waals surface area contributed by atoms with Crippen LogP contribution in [0, 0.1) is 0 Å². The standard InChI is InChI=1S/C13H26N2O3/c14-9-5-3-1-2-4-6-13(16)15-18-12-7-10-17-11-8-12/h12H,1-11,14H2,(H,15,16). The van der Waals surface area contributed by atoms with E-state index in [-0.39, 0.29) is 12.0 Å². The lowest BCUT2D eigenvalue weighted by Crippen LogP contribution is -2.33. The molecule has 1 fully saturated rings. The van der Waals surface area contributed by atoms with E-state index < -0.39 is 0 Å². The van der Waals surface area contributed by atoms with Gasteiger partial charge in [0.25, 0.3) is 0 Å². The van der Waals surface area contributed by atoms with Crippen LogP contribution in [0.5, 0.6) is 0 Å². The molecule has 3 N–H and O–H groups in total. The van der Waals surface area contributed by atoms with Gasteiger partial charge in [0.15, 0.2) is 0 Å². The van der Waals surface area contributed by atoms with Crippen molar-refractivity contribution in [2.45, 2.75) is 57.5 Å². The highest BCUT2D eigenvalue weighted by Gasteiger charge is 2.15. The van der Waals surface area contributed by atoms with Gasteiger partial charge in [0, 0.05) is 19.6 Å². The fraction of sp³-hybridized carbons (Fsp3) is 0.923. The Labute approximate surface area is 109 Å². The molecule has 0 unspecified atom stereocenters. The Morgan fingerprint density at radius 1 is 1.17 bits per heavy atom. The van der Waals surface area contributed by atoms with Gasteiger partial charge in [-0.05, 0) is 32.2 Å². The average molecular weight is 258 g/mol. The van der Waals surface area contributed by atoms with E-state index in [1.54, 1.807) is 0 Å². The number of nitrogens with one attached hydrogen (secondary N) is 1. The van der Waals surface area contributed by atoms with Crippen molar-refractivity contribution in [2.24, 2.45) is 5.73 Å². The molecule has 106 valence electrons. The van der Waals surface area contributed by atoms with Crippen molar-refractivity contribution in [1.82, 2.24) is 5.48 Å². The summed E-state index contributed by atoms with van der Waals surface area (Å²) in [4.78, 5) is 16.8. The molecule has 1 amide bonds. The van der Waals surface area contributed by atoms with Crippen LogP contribution in [-0.2, 0) is 14.4 Å². The predicted molar refractivity (Wildman–Crippen MR) is 69.8 cm³/mol. The number of hydroxylamine groups is 1. The Morgan fingerprint density at radius 2 is 1.83 bits per heavy atom. The Kier molecular flexibility index (Phi) is 8.81. The van der Waals surface area contributed by atoms with Gasteiger partial charge in [0.2, 0.25) is 5.91 Å². The van der Waals surface area contributed by atoms with Crippen molar-refractivity contribution >= 4 is 5.91 Å². The quantitative estimate of drug-likeness (QED) is 0.485. The molecule has 0 aliphatic carbocycles. The summed E-state index contributed by atoms with van der Waals surface area (Å²) >= 11 is 0. The van der Waals surface area contributed by atoms with Crippen LogP contribution in [0.4, 0.5) is 0 Å². The minimum atomic E-state index is -0.0136. The van der Waals surface area contributed by atoms with Crippen molar-refractivity contribution < 1.29 is 14.4 Å². The summed E-state index contributed by atoms with van der Waals surface area (Å²) in [6.07, 6.45) is 7.80. The molecule has 1 saturated heterocycles. The van der Waals surface area contributed by atoms with E-state index in [0.29, 0.717) is 6.42 Å². The van der Waals surface area contributed by atoms with Crippen molar-refractivity contribution in [1.29, 1.82) is 0 Å². The van der Waals surface area contributed by atoms with Gasteiger partial charge in [-0.3, -0.25) is 9.63 Å². The summed E-state index contributed by atoms with van der Waals surface area (Å²) in [5.41, 5.74) is 7.95. The molecule has 0 radical (unpaired) electrons. The Balaban J connectivity index is 1.90. The summed E-state index contributed by atoms with van der Waals surface area (Å²) in [5, 5.41) is 0. The molecule has 0 spiro atoms. The molecule has 0 aromatic carbocycles. The van der Waals surface area contributed by atoms with E-state index >= 15 is 0 Å². The first-order chi connectivity index (χ1) is 8.83. The highest BCUT2D eigenvalue weighted by molar-refractivity contribution is 5.74. The molecular weight excluding hydrogens is 232 g/mol. The zero-order valence-electron chi connectivity index (χ0n) is 11.2. The summed E-state index contributed by atoms with van der Waals surface area (Å²) < 4.78 is 5.22. The number of unbranched alkanes of at least 4 members (excludes halogenated alkanes) is 4. The van der Waals surface area contributed by atoms with Gasteiger partial charge in [0.05, 0.1) is 6.10 Å². The van der Waals surface area contributed by atoms with E-state index in [1.165, 1.54) is 0 Å². The number of rotatable bonds is 9. The Bertz CT molecular complexity index is 218. The maximum Gasteiger partial charge on any atom is 0.243 e. The van der Waals surface area contributed by atoms with Crippen LogP contribution in [0.2, 0.25) is 0 Å². The fourth-order valence-corrected chi connectivity index (χ4v) is 1.95. The molecule has 5 nitrogen and oxygen atoms in total. The number of carbonyl (C=O) groups excluding carboxylic acids is 1. The van der Waals surface area contributed by atoms with Crippen LogP contribution in [0.1, 0.15) is 51.4 Å². The molecule has 5 heteroatoms. The number of carbonyl (C=O) groups is 1. The van der Waals surface area contributed by atoms with Crippen LogP contribution in [-0.4, -0.2) is 31.8 Å². The minimum absolute atomic E-state index is 0.0136. The third kappa shape index (κ3) is 7.63. The van der Waals surface area contributed by atoms with Gasteiger partial charge >= 0.3 is 0 Å². The van der Waals surface area contributed by atoms with Gasteiger partial charge in [-0.1, -0.05) is 19.3 Å². The first-order valence-corrected chi connectivity index (χ1v) is 7.05. The lowest BCUT2D eigenvalue weighted by Gasteiger charge is -2.21. The van der Waals surface area contributed by atoms with Crippen molar-refractivity contribution in [2.75, 3.05) is 19.8 Å². The monoisotopic (exact) mass is 258 g/mol. The highest BCUT2D eigenvalue weighted by atomic mass is 16.7. The number of hydrogen-bond acceptors (Lipinski definition) is 4. The molecule has 0 bridgehead atoms. The summed E-state index contributed by atoms with van der Waals surface area (Å²) in [6, 6.07) is 0. The van der Waals surface area contributed by atoms with Gasteiger partial charge < -0.3 is 10.5 Å². The third-order valence-corrected chi connectivity index (χ3v) is 3.12. The number of hydrogen-bond donors (Lipinski definition) is 2. The molecule has 0 saturated carbocycles. The number of nitrogens with two attached hydrogens (primary N) is 1. The van der Waals surface area contributed by atoms with E-state index in [0.717, 1.165) is 64.7 Å². The molecule has 1 aliphatic rings. The fourth-order valence-electron chi connectivity index (χ4n) is 1.95. The summed E-state index contributed by atoms with van der Waals surface area (Å²) in [7, 11) is 0. The van der Waals surface area contributed by atoms with E-state index in [4.69, 9.17) is 15.3 Å². The van der Waals surface area contributed by atoms with Crippen LogP contribution in [0.15, 0.2) is 0 Å². The van der Waals surface area contributed by atoms with Crippen LogP contribution in [0.3, 0.4) is 0 Å². The predicted octanol–water partition coefficient (Wildman–Crippen LogP) is 1.51. The second-order valence-corrected chi connectivity index (χ2v) is 4.76. The zero-order valence-corrected chi connectivity index (χ0v) is 11.2. The summed E-state index contributed by atoms with van der Waals surface area (Å²) in [6.45, 7) is 2.21. The second-order valence-electron chi connectivity index (χ2n) is 4.76. The van der Waals surface area contributed by atoms with Crippen molar-refractivity contribution in [3.63, 3.8) is 0 Å². The molecule has 0 aromatic heterocycles. The zero-order chi connectivity index (χ0) is 13.1. The van der Waals surface area contributed by atoms with Gasteiger partial charge in [-0.15, -0.1) is 0 Å². The first-order valence-electron chi connectivity index (χ1n) is 7.05. The van der Waals surface area contributed by atoms with Crippen LogP contribution >= 0.6 is 0 Å². The molecular formula is C13H26N2O3. The minimum Gasteiger partial charge on any atom is -0.381 e. The Hall–Kier alpha value is -0.650. The van der Waals surface area contributed by atoms with Crippen LogP contribution < -0.4 is 11.2 Å². The lowest BCUT2D eigenvalue weighted by atomic mass is 10.1. The van der Waals surface area contributed by atoms with E-state index in [9.17, 15) is 4.79 Å². The van der Waals surface area contributed by atoms with Gasteiger partial charge in [-0.25, -0.2) is 5.48 Å². The number of amides is 1. The van der Waals surface area contributed by atoms with Crippen LogP contribution in [0.25, 0.3) is 0 Å². The average Bonchev–Trinajstić information content (AvgIpc) is 2.41. The van der Waals surface area contributed by atoms with E-state index in [2.05, 4.69) is 5.48 Å². The second kappa shape index (κ2) is 10.3. The largest absolute Gasteiger partial charge is 0.381 e. The maximum atomic E-state index is 11.5. The lowest BCUT2D eigenvalue weighted by molar-refractivity contribution is -0.143. The van der Waals surface area contributed by atoms with Gasteiger partial charge in [-0.2, -0.15) is 0 Å². The molecule has 18 heavy (non-hydrogen) atoms. The smallest absolute Gasteiger partial charge is 0.243 e. The molecule has 0 atom stereocenters. The van der Waals surface area contributed by atoms with Crippen molar-refractivity contribution in [3.8, 4) is 0 Å².